The van der Waals surface area contributed by atoms with E-state index in [0.717, 1.165) is 10.7 Å². The van der Waals surface area contributed by atoms with Crippen molar-refractivity contribution in [3.05, 3.63) is 51.9 Å². The lowest BCUT2D eigenvalue weighted by molar-refractivity contribution is -0.385. The second kappa shape index (κ2) is 7.25. The third-order valence-corrected chi connectivity index (χ3v) is 4.54. The molecule has 0 unspecified atom stereocenters. The monoisotopic (exact) mass is 348 g/mol. The summed E-state index contributed by atoms with van der Waals surface area (Å²) in [6.07, 6.45) is 0. The molecule has 0 aliphatic rings. The smallest absolute Gasteiger partial charge is 0.310 e. The predicted molar refractivity (Wildman–Crippen MR) is 89.0 cm³/mol. The van der Waals surface area contributed by atoms with E-state index in [1.54, 1.807) is 29.5 Å². The number of nitro benzene ring substituents is 1. The number of hydrogen-bond acceptors (Lipinski definition) is 7. The first-order chi connectivity index (χ1) is 11.2. The molecule has 0 saturated heterocycles. The van der Waals surface area contributed by atoms with Gasteiger partial charge in [0, 0.05) is 11.8 Å². The lowest BCUT2D eigenvalue weighted by atomic mass is 10.3. The van der Waals surface area contributed by atoms with Crippen molar-refractivity contribution in [2.45, 2.75) is 5.16 Å². The van der Waals surface area contributed by atoms with Crippen LogP contribution in [0.3, 0.4) is 0 Å². The van der Waals surface area contributed by atoms with Gasteiger partial charge in [-0.3, -0.25) is 15.2 Å². The molecule has 23 heavy (non-hydrogen) atoms. The second-order valence-corrected chi connectivity index (χ2v) is 6.38. The maximum Gasteiger partial charge on any atom is 0.310 e. The molecule has 1 aromatic carbocycles. The molecule has 0 aliphatic heterocycles. The molecule has 0 amide bonds. The second-order valence-electron chi connectivity index (χ2n) is 4.37. The Morgan fingerprint density at radius 1 is 1.30 bits per heavy atom. The first kappa shape index (κ1) is 15.5. The van der Waals surface area contributed by atoms with Crippen molar-refractivity contribution in [2.24, 2.45) is 0 Å². The van der Waals surface area contributed by atoms with Crippen molar-refractivity contribution in [2.75, 3.05) is 12.4 Å². The molecule has 7 nitrogen and oxygen atoms in total. The number of nitrogens with one attached hydrogen (secondary N) is 1. The van der Waals surface area contributed by atoms with Gasteiger partial charge in [0.2, 0.25) is 5.16 Å². The number of aromatic nitrogens is 3. The minimum Gasteiger partial charge on any atom is -0.486 e. The number of H-pyrrole nitrogens is 1. The number of rotatable bonds is 7. The number of thioether (sulfide) groups is 1. The van der Waals surface area contributed by atoms with E-state index in [1.165, 1.54) is 17.8 Å². The molecule has 2 aromatic heterocycles. The van der Waals surface area contributed by atoms with Crippen molar-refractivity contribution < 1.29 is 9.66 Å². The van der Waals surface area contributed by atoms with Gasteiger partial charge in [0.25, 0.3) is 0 Å². The standard InChI is InChI=1S/C14H12N4O3S2/c19-18(20)10-4-1-2-5-11(10)21-7-9-23-14-15-13(16-17-14)12-6-3-8-22-12/h1-6,8H,7,9H2,(H,15,16,17). The van der Waals surface area contributed by atoms with Crippen molar-refractivity contribution in [3.8, 4) is 16.5 Å². The topological polar surface area (TPSA) is 93.9 Å². The molecule has 9 heteroatoms. The van der Waals surface area contributed by atoms with Crippen LogP contribution in [0.4, 0.5) is 5.69 Å². The summed E-state index contributed by atoms with van der Waals surface area (Å²) in [5, 5.41) is 20.5. The van der Waals surface area contributed by atoms with Gasteiger partial charge in [-0.25, -0.2) is 4.98 Å². The van der Waals surface area contributed by atoms with Crippen molar-refractivity contribution in [3.63, 3.8) is 0 Å². The zero-order chi connectivity index (χ0) is 16.1. The molecule has 0 radical (unpaired) electrons. The first-order valence-electron chi connectivity index (χ1n) is 6.69. The van der Waals surface area contributed by atoms with E-state index in [1.807, 2.05) is 17.5 Å². The molecule has 2 heterocycles. The summed E-state index contributed by atoms with van der Waals surface area (Å²) in [5.41, 5.74) is -0.0321. The maximum atomic E-state index is 10.9. The van der Waals surface area contributed by atoms with E-state index >= 15 is 0 Å². The molecular weight excluding hydrogens is 336 g/mol. The fraction of sp³-hybridized carbons (Fsp3) is 0.143. The van der Waals surface area contributed by atoms with Gasteiger partial charge >= 0.3 is 5.69 Å². The van der Waals surface area contributed by atoms with Crippen LogP contribution < -0.4 is 4.74 Å². The zero-order valence-corrected chi connectivity index (χ0v) is 13.5. The quantitative estimate of drug-likeness (QED) is 0.303. The number of benzene rings is 1. The maximum absolute atomic E-state index is 10.9. The Bertz CT molecular complexity index is 789. The molecule has 0 bridgehead atoms. The van der Waals surface area contributed by atoms with Gasteiger partial charge in [-0.05, 0) is 17.5 Å². The van der Waals surface area contributed by atoms with Crippen LogP contribution in [0, 0.1) is 10.1 Å². The number of thiophene rings is 1. The third-order valence-electron chi connectivity index (χ3n) is 2.85. The average molecular weight is 348 g/mol. The van der Waals surface area contributed by atoms with Gasteiger partial charge in [-0.15, -0.1) is 16.4 Å². The minimum absolute atomic E-state index is 0.0321. The Balaban J connectivity index is 1.52. The van der Waals surface area contributed by atoms with Gasteiger partial charge in [0.15, 0.2) is 11.6 Å². The number of aromatic amines is 1. The summed E-state index contributed by atoms with van der Waals surface area (Å²) in [4.78, 5) is 15.8. The molecule has 3 rings (SSSR count). The number of nitrogens with zero attached hydrogens (tertiary/aromatic N) is 3. The summed E-state index contributed by atoms with van der Waals surface area (Å²) in [6.45, 7) is 0.332. The lowest BCUT2D eigenvalue weighted by Crippen LogP contribution is -2.02. The molecule has 0 aliphatic carbocycles. The highest BCUT2D eigenvalue weighted by molar-refractivity contribution is 7.99. The van der Waals surface area contributed by atoms with Crippen LogP contribution in [0.5, 0.6) is 5.75 Å². The number of hydrogen-bond donors (Lipinski definition) is 1. The van der Waals surface area contributed by atoms with Gasteiger partial charge < -0.3 is 4.74 Å². The van der Waals surface area contributed by atoms with Crippen molar-refractivity contribution >= 4 is 28.8 Å². The lowest BCUT2D eigenvalue weighted by Gasteiger charge is -2.05. The van der Waals surface area contributed by atoms with Crippen molar-refractivity contribution in [1.82, 2.24) is 15.2 Å². The summed E-state index contributed by atoms with van der Waals surface area (Å²) in [6, 6.07) is 10.3. The van der Waals surface area contributed by atoms with E-state index in [4.69, 9.17) is 4.74 Å². The molecule has 0 fully saturated rings. The Hall–Kier alpha value is -2.39. The first-order valence-corrected chi connectivity index (χ1v) is 8.56. The molecule has 3 aromatic rings. The Labute approximate surface area is 139 Å². The third kappa shape index (κ3) is 3.88. The van der Waals surface area contributed by atoms with Crippen LogP contribution in [-0.2, 0) is 0 Å². The largest absolute Gasteiger partial charge is 0.486 e. The van der Waals surface area contributed by atoms with Crippen LogP contribution >= 0.6 is 23.1 Å². The normalized spacial score (nSPS) is 10.6. The van der Waals surface area contributed by atoms with E-state index in [9.17, 15) is 10.1 Å². The van der Waals surface area contributed by atoms with Crippen LogP contribution in [0.1, 0.15) is 0 Å². The minimum atomic E-state index is -0.453. The number of para-hydroxylation sites is 2. The SMILES string of the molecule is O=[N+]([O-])c1ccccc1OCCSc1n[nH]c(-c2cccs2)n1. The summed E-state index contributed by atoms with van der Waals surface area (Å²) < 4.78 is 5.47. The fourth-order valence-electron chi connectivity index (χ4n) is 1.85. The summed E-state index contributed by atoms with van der Waals surface area (Å²) in [7, 11) is 0. The van der Waals surface area contributed by atoms with Crippen LogP contribution in [0.15, 0.2) is 46.9 Å². The van der Waals surface area contributed by atoms with Crippen LogP contribution in [-0.4, -0.2) is 32.5 Å². The van der Waals surface area contributed by atoms with Crippen LogP contribution in [0.2, 0.25) is 0 Å². The fourth-order valence-corrected chi connectivity index (χ4v) is 3.13. The molecule has 118 valence electrons. The Morgan fingerprint density at radius 3 is 2.96 bits per heavy atom. The van der Waals surface area contributed by atoms with Gasteiger partial charge in [0.05, 0.1) is 16.4 Å². The van der Waals surface area contributed by atoms with Gasteiger partial charge in [-0.2, -0.15) is 0 Å². The summed E-state index contributed by atoms with van der Waals surface area (Å²) >= 11 is 3.02. The molecule has 1 N–H and O–H groups in total. The number of nitro groups is 1. The Kier molecular flexibility index (Phi) is 4.89. The molecule has 0 spiro atoms. The van der Waals surface area contributed by atoms with E-state index < -0.39 is 4.92 Å². The highest BCUT2D eigenvalue weighted by Crippen LogP contribution is 2.26. The van der Waals surface area contributed by atoms with E-state index in [0.29, 0.717) is 17.5 Å². The van der Waals surface area contributed by atoms with Crippen LogP contribution in [0.25, 0.3) is 10.7 Å². The highest BCUT2D eigenvalue weighted by Gasteiger charge is 2.13. The summed E-state index contributed by atoms with van der Waals surface area (Å²) in [5.74, 6) is 1.60. The zero-order valence-electron chi connectivity index (χ0n) is 11.8. The molecular formula is C14H12N4O3S2. The predicted octanol–water partition coefficient (Wildman–Crippen LogP) is 3.61. The highest BCUT2D eigenvalue weighted by atomic mass is 32.2. The van der Waals surface area contributed by atoms with Crippen molar-refractivity contribution in [1.29, 1.82) is 0 Å². The van der Waals surface area contributed by atoms with E-state index in [2.05, 4.69) is 15.2 Å². The van der Waals surface area contributed by atoms with Gasteiger partial charge in [0.1, 0.15) is 0 Å². The Morgan fingerprint density at radius 2 is 2.17 bits per heavy atom. The number of ether oxygens (including phenoxy) is 1. The molecule has 0 atom stereocenters. The van der Waals surface area contributed by atoms with E-state index in [-0.39, 0.29) is 11.4 Å². The molecule has 0 saturated carbocycles. The van der Waals surface area contributed by atoms with Gasteiger partial charge in [-0.1, -0.05) is 30.0 Å². The average Bonchev–Trinajstić information content (AvgIpc) is 3.23.